The summed E-state index contributed by atoms with van der Waals surface area (Å²) >= 11 is 0. The predicted octanol–water partition coefficient (Wildman–Crippen LogP) is 3.12. The normalized spacial score (nSPS) is 14.0. The van der Waals surface area contributed by atoms with Crippen molar-refractivity contribution in [1.82, 2.24) is 30.7 Å². The molecule has 0 radical (unpaired) electrons. The van der Waals surface area contributed by atoms with Crippen molar-refractivity contribution in [3.05, 3.63) is 120 Å². The van der Waals surface area contributed by atoms with Crippen molar-refractivity contribution < 1.29 is 52.2 Å². The third-order valence-corrected chi connectivity index (χ3v) is 11.5. The number of nitrogens with one attached hydrogen (secondary N) is 5. The first-order valence-electron chi connectivity index (χ1n) is 22.9. The number of urea groups is 1. The van der Waals surface area contributed by atoms with Gasteiger partial charge in [-0.2, -0.15) is 0 Å². The number of aliphatic hydroxyl groups excluding tert-OH is 1. The molecule has 3 aromatic carbocycles. The standard InChI is InChI=1S/C50H60F2N10O9/c1-30(46(68)59-39(11-8-22-56-49(54)71)48(70)58-34-13-15-35(16-14-34)62-42(65)18-19-43(62)66)57-41(64)20-23-55-47(69)38(53)21-24-61(44(67)29-63)45(50(2,3)4)40-25-32(36-26-33(51)12-17-37(36)52)28-60(40)27-31-9-6-5-7-10-31/h5-7,9-10,12-19,25-26,28,30,38-39,45,63H,8,11,20-24,27,29,53H2,1-4H3,(H,55,69)(H,57,64)(H,58,70)(H,59,68)(H3,54,56,71)/t30-,38-,39-,45-/m0/s1. The topological polar surface area (TPSA) is 280 Å². The van der Waals surface area contributed by atoms with Gasteiger partial charge in [-0.15, -0.1) is 0 Å². The Morgan fingerprint density at radius 1 is 0.817 bits per heavy atom. The van der Waals surface area contributed by atoms with E-state index in [0.717, 1.165) is 40.8 Å². The molecule has 4 aromatic rings. The highest BCUT2D eigenvalue weighted by molar-refractivity contribution is 6.28. The number of hydrogen-bond acceptors (Lipinski definition) is 10. The van der Waals surface area contributed by atoms with Crippen LogP contribution < -0.4 is 43.0 Å². The number of imide groups is 1. The van der Waals surface area contributed by atoms with Crippen LogP contribution in [0, 0.1) is 17.0 Å². The van der Waals surface area contributed by atoms with Crippen LogP contribution in [0.2, 0.25) is 0 Å². The first kappa shape index (κ1) is 54.2. The highest BCUT2D eigenvalue weighted by Crippen LogP contribution is 2.41. The number of rotatable bonds is 23. The number of benzene rings is 3. The van der Waals surface area contributed by atoms with E-state index in [4.69, 9.17) is 11.5 Å². The lowest BCUT2D eigenvalue weighted by molar-refractivity contribution is -0.140. The van der Waals surface area contributed by atoms with Crippen LogP contribution in [0.5, 0.6) is 0 Å². The predicted molar refractivity (Wildman–Crippen MR) is 260 cm³/mol. The van der Waals surface area contributed by atoms with Crippen molar-refractivity contribution in [2.24, 2.45) is 16.9 Å². The summed E-state index contributed by atoms with van der Waals surface area (Å²) in [5.74, 6) is -5.60. The number of aliphatic hydroxyl groups is 1. The van der Waals surface area contributed by atoms with Gasteiger partial charge in [-0.25, -0.2) is 18.5 Å². The fraction of sp³-hybridized carbons (Fsp3) is 0.360. The summed E-state index contributed by atoms with van der Waals surface area (Å²) < 4.78 is 31.4. The number of nitrogens with zero attached hydrogens (tertiary/aromatic N) is 3. The maximum atomic E-state index is 15.1. The molecule has 0 saturated carbocycles. The van der Waals surface area contributed by atoms with E-state index in [2.05, 4.69) is 26.6 Å². The molecule has 71 heavy (non-hydrogen) atoms. The Morgan fingerprint density at radius 2 is 1.49 bits per heavy atom. The van der Waals surface area contributed by atoms with Crippen LogP contribution in [0.15, 0.2) is 97.2 Å². The van der Waals surface area contributed by atoms with E-state index in [1.54, 1.807) is 12.3 Å². The molecule has 0 bridgehead atoms. The van der Waals surface area contributed by atoms with Gasteiger partial charge in [-0.05, 0) is 85.7 Å². The minimum absolute atomic E-state index is 0.0191. The van der Waals surface area contributed by atoms with E-state index >= 15 is 4.39 Å². The lowest BCUT2D eigenvalue weighted by Crippen LogP contribution is -2.52. The van der Waals surface area contributed by atoms with Crippen LogP contribution in [-0.4, -0.2) is 106 Å². The van der Waals surface area contributed by atoms with Gasteiger partial charge in [0.2, 0.25) is 29.5 Å². The first-order valence-corrected chi connectivity index (χ1v) is 22.9. The van der Waals surface area contributed by atoms with Crippen LogP contribution >= 0.6 is 0 Å². The van der Waals surface area contributed by atoms with Gasteiger partial charge in [0.1, 0.15) is 30.3 Å². The van der Waals surface area contributed by atoms with E-state index in [1.807, 2.05) is 55.7 Å². The van der Waals surface area contributed by atoms with Crippen molar-refractivity contribution in [2.75, 3.05) is 36.5 Å². The van der Waals surface area contributed by atoms with Crippen LogP contribution in [-0.2, 0) is 40.1 Å². The summed E-state index contributed by atoms with van der Waals surface area (Å²) in [6.07, 6.45) is 3.89. The second kappa shape index (κ2) is 24.7. The van der Waals surface area contributed by atoms with E-state index in [9.17, 15) is 47.9 Å². The van der Waals surface area contributed by atoms with Crippen molar-refractivity contribution in [3.63, 3.8) is 0 Å². The molecule has 21 heteroatoms. The maximum Gasteiger partial charge on any atom is 0.312 e. The molecule has 10 N–H and O–H groups in total. The fourth-order valence-electron chi connectivity index (χ4n) is 7.98. The Kier molecular flexibility index (Phi) is 18.8. The molecule has 9 amide bonds. The van der Waals surface area contributed by atoms with Crippen molar-refractivity contribution in [1.29, 1.82) is 0 Å². The highest BCUT2D eigenvalue weighted by atomic mass is 19.1. The number of aromatic nitrogens is 1. The summed E-state index contributed by atoms with van der Waals surface area (Å²) in [5, 5.41) is 23.0. The molecule has 5 rings (SSSR count). The van der Waals surface area contributed by atoms with Crippen LogP contribution in [0.1, 0.15) is 70.7 Å². The Bertz CT molecular complexity index is 2600. The van der Waals surface area contributed by atoms with Crippen molar-refractivity contribution in [3.8, 4) is 11.1 Å². The monoisotopic (exact) mass is 982 g/mol. The summed E-state index contributed by atoms with van der Waals surface area (Å²) in [7, 11) is 0. The third kappa shape index (κ3) is 15.1. The average Bonchev–Trinajstić information content (AvgIpc) is 3.89. The molecule has 1 aromatic heterocycles. The molecule has 0 aliphatic carbocycles. The molecular formula is C50H60F2N10O9. The molecule has 2 heterocycles. The Hall–Kier alpha value is -7.78. The number of primary amides is 1. The molecule has 1 aliphatic rings. The summed E-state index contributed by atoms with van der Waals surface area (Å²) in [5.41, 5.74) is 13.2. The molecule has 1 aliphatic heterocycles. The van der Waals surface area contributed by atoms with E-state index < -0.39 is 95.2 Å². The maximum absolute atomic E-state index is 15.1. The van der Waals surface area contributed by atoms with Gasteiger partial charge in [-0.3, -0.25) is 33.6 Å². The number of hydrogen-bond donors (Lipinski definition) is 8. The SMILES string of the molecule is C[C@H](NC(=O)CCNC(=O)[C@@H](N)CCN(C(=O)CO)[C@@H](c1cc(-c2cc(F)ccc2F)cn1Cc1ccccc1)C(C)(C)C)C(=O)N[C@@H](CCCNC(N)=O)C(=O)Nc1ccc(N2C(=O)C=CC2=O)cc1. The largest absolute Gasteiger partial charge is 0.387 e. The number of anilines is 2. The summed E-state index contributed by atoms with van der Waals surface area (Å²) in [6.45, 7) is 6.30. The fourth-order valence-corrected chi connectivity index (χ4v) is 7.98. The zero-order valence-electron chi connectivity index (χ0n) is 39.9. The minimum Gasteiger partial charge on any atom is -0.387 e. The first-order chi connectivity index (χ1) is 33.7. The second-order valence-electron chi connectivity index (χ2n) is 18.0. The van der Waals surface area contributed by atoms with Gasteiger partial charge in [0.15, 0.2) is 0 Å². The number of carbonyl (C=O) groups is 8. The van der Waals surface area contributed by atoms with Gasteiger partial charge in [0, 0.05) is 73.5 Å². The van der Waals surface area contributed by atoms with E-state index in [0.29, 0.717) is 17.8 Å². The minimum atomic E-state index is -1.18. The Labute approximate surface area is 409 Å². The molecular weight excluding hydrogens is 923 g/mol. The average molecular weight is 983 g/mol. The van der Waals surface area contributed by atoms with Crippen LogP contribution in [0.25, 0.3) is 11.1 Å². The molecule has 19 nitrogen and oxygen atoms in total. The number of nitrogens with two attached hydrogens (primary N) is 2. The zero-order chi connectivity index (χ0) is 52.0. The molecule has 378 valence electrons. The van der Waals surface area contributed by atoms with E-state index in [-0.39, 0.29) is 62.3 Å². The van der Waals surface area contributed by atoms with Gasteiger partial charge >= 0.3 is 6.03 Å². The number of halogens is 2. The molecule has 0 spiro atoms. The van der Waals surface area contributed by atoms with Gasteiger partial charge in [0.05, 0.1) is 17.8 Å². The molecule has 0 saturated heterocycles. The zero-order valence-corrected chi connectivity index (χ0v) is 39.9. The molecule has 0 unspecified atom stereocenters. The van der Waals surface area contributed by atoms with Crippen LogP contribution in [0.4, 0.5) is 25.0 Å². The lowest BCUT2D eigenvalue weighted by Gasteiger charge is -2.41. The van der Waals surface area contributed by atoms with Gasteiger partial charge < -0.3 is 52.6 Å². The Balaban J connectivity index is 1.18. The quantitative estimate of drug-likeness (QED) is 0.0397. The summed E-state index contributed by atoms with van der Waals surface area (Å²) in [6, 6.07) is 15.1. The van der Waals surface area contributed by atoms with Crippen LogP contribution in [0.3, 0.4) is 0 Å². The number of carbonyl (C=O) groups excluding carboxylic acids is 8. The highest BCUT2D eigenvalue weighted by Gasteiger charge is 2.38. The molecule has 4 atom stereocenters. The van der Waals surface area contributed by atoms with Crippen molar-refractivity contribution in [2.45, 2.75) is 84.1 Å². The van der Waals surface area contributed by atoms with Gasteiger partial charge in [0.25, 0.3) is 11.8 Å². The van der Waals surface area contributed by atoms with Gasteiger partial charge in [-0.1, -0.05) is 51.1 Å². The summed E-state index contributed by atoms with van der Waals surface area (Å²) in [4.78, 5) is 104. The lowest BCUT2D eigenvalue weighted by atomic mass is 9.82. The Morgan fingerprint density at radius 3 is 2.13 bits per heavy atom. The molecule has 0 fully saturated rings. The smallest absolute Gasteiger partial charge is 0.312 e. The third-order valence-electron chi connectivity index (χ3n) is 11.5. The second-order valence-corrected chi connectivity index (χ2v) is 18.0. The van der Waals surface area contributed by atoms with E-state index in [1.165, 1.54) is 36.1 Å². The van der Waals surface area contributed by atoms with Crippen molar-refractivity contribution >= 4 is 58.8 Å². The number of amides is 9.